The summed E-state index contributed by atoms with van der Waals surface area (Å²) in [5.74, 6) is 0.0547. The van der Waals surface area contributed by atoms with Crippen LogP contribution in [-0.2, 0) is 11.2 Å². The third-order valence-electron chi connectivity index (χ3n) is 7.34. The standard InChI is InChI=1S/C30H37FN6O6/c1-17-14-37(18(2)16-38)27(39)13-21-12-24(32-29(40)34-28-19(3)35-43-20(28)4)10-11-25(21)42-26(17)15-36(5)30(41)33-23-8-6-22(31)7-9-23/h6-12,17-18,26,38H,13-16H2,1-5H3,(H,33,41)(H2,32,34,40)/t17-,18+,26+/m0/s1. The Hall–Kier alpha value is -4.65. The molecule has 12 nitrogen and oxygen atoms in total. The topological polar surface area (TPSA) is 149 Å². The summed E-state index contributed by atoms with van der Waals surface area (Å²) in [5, 5.41) is 21.9. The Morgan fingerprint density at radius 2 is 1.84 bits per heavy atom. The van der Waals surface area contributed by atoms with Crippen LogP contribution in [0.1, 0.15) is 30.9 Å². The number of hydrogen-bond donors (Lipinski definition) is 4. The summed E-state index contributed by atoms with van der Waals surface area (Å²) in [6.07, 6.45) is -0.565. The van der Waals surface area contributed by atoms with Gasteiger partial charge in [-0.05, 0) is 63.2 Å². The van der Waals surface area contributed by atoms with E-state index in [0.717, 1.165) is 0 Å². The number of hydrogen-bond acceptors (Lipinski definition) is 7. The molecule has 4 N–H and O–H groups in total. The number of aromatic nitrogens is 1. The van der Waals surface area contributed by atoms with Crippen molar-refractivity contribution in [1.29, 1.82) is 0 Å². The average molecular weight is 597 g/mol. The maximum Gasteiger partial charge on any atom is 0.323 e. The first-order valence-electron chi connectivity index (χ1n) is 13.9. The van der Waals surface area contributed by atoms with Crippen LogP contribution in [0.15, 0.2) is 47.0 Å². The summed E-state index contributed by atoms with van der Waals surface area (Å²) >= 11 is 0. The summed E-state index contributed by atoms with van der Waals surface area (Å²) in [7, 11) is 1.62. The van der Waals surface area contributed by atoms with Gasteiger partial charge in [-0.3, -0.25) is 4.79 Å². The zero-order valence-electron chi connectivity index (χ0n) is 24.8. The molecule has 0 fully saturated rings. The number of aryl methyl sites for hydroxylation is 2. The van der Waals surface area contributed by atoms with Crippen molar-refractivity contribution < 1.29 is 33.1 Å². The molecule has 43 heavy (non-hydrogen) atoms. The van der Waals surface area contributed by atoms with E-state index in [9.17, 15) is 23.9 Å². The fraction of sp³-hybridized carbons (Fsp3) is 0.400. The van der Waals surface area contributed by atoms with Gasteiger partial charge in [0.1, 0.15) is 29.1 Å². The first kappa shape index (κ1) is 31.3. The Labute approximate surface area is 249 Å². The van der Waals surface area contributed by atoms with Crippen LogP contribution >= 0.6 is 0 Å². The number of ether oxygens (including phenoxy) is 1. The molecule has 230 valence electrons. The zero-order chi connectivity index (χ0) is 31.3. The molecule has 2 aromatic carbocycles. The molecule has 3 aromatic rings. The number of fused-ring (bicyclic) bond motifs is 1. The maximum absolute atomic E-state index is 13.5. The molecular formula is C30H37FN6O6. The van der Waals surface area contributed by atoms with E-state index in [0.29, 0.717) is 39.8 Å². The van der Waals surface area contributed by atoms with Crippen molar-refractivity contribution in [3.8, 4) is 5.75 Å². The average Bonchev–Trinajstić information content (AvgIpc) is 3.30. The molecule has 0 saturated carbocycles. The highest BCUT2D eigenvalue weighted by atomic mass is 19.1. The Balaban J connectivity index is 1.56. The molecule has 0 unspecified atom stereocenters. The van der Waals surface area contributed by atoms with Gasteiger partial charge in [0.05, 0.1) is 25.6 Å². The molecule has 0 bridgehead atoms. The number of urea groups is 2. The van der Waals surface area contributed by atoms with Gasteiger partial charge < -0.3 is 40.1 Å². The number of halogens is 1. The SMILES string of the molecule is Cc1noc(C)c1NC(=O)Nc1ccc2c(c1)CC(=O)N([C@H](C)CO)C[C@H](C)[C@@H](CN(C)C(=O)Nc1ccc(F)cc1)O2. The van der Waals surface area contributed by atoms with Crippen molar-refractivity contribution in [3.05, 3.63) is 65.3 Å². The number of carbonyl (C=O) groups excluding carboxylic acids is 3. The van der Waals surface area contributed by atoms with Gasteiger partial charge in [0.25, 0.3) is 0 Å². The lowest BCUT2D eigenvalue weighted by Crippen LogP contribution is -2.48. The minimum atomic E-state index is -0.538. The highest BCUT2D eigenvalue weighted by Crippen LogP contribution is 2.29. The molecule has 0 spiro atoms. The lowest BCUT2D eigenvalue weighted by molar-refractivity contribution is -0.134. The van der Waals surface area contributed by atoms with Gasteiger partial charge in [-0.15, -0.1) is 0 Å². The van der Waals surface area contributed by atoms with Crippen LogP contribution in [0.5, 0.6) is 5.75 Å². The van der Waals surface area contributed by atoms with E-state index in [-0.39, 0.29) is 37.9 Å². The van der Waals surface area contributed by atoms with Crippen LogP contribution in [0.25, 0.3) is 0 Å². The maximum atomic E-state index is 13.5. The Kier molecular flexibility index (Phi) is 9.86. The quantitative estimate of drug-likeness (QED) is 0.316. The van der Waals surface area contributed by atoms with Gasteiger partial charge in [-0.1, -0.05) is 12.1 Å². The summed E-state index contributed by atoms with van der Waals surface area (Å²) in [6.45, 7) is 7.32. The normalized spacial score (nSPS) is 17.5. The number of anilines is 3. The number of carbonyl (C=O) groups is 3. The van der Waals surface area contributed by atoms with Crippen molar-refractivity contribution in [2.45, 2.75) is 46.3 Å². The van der Waals surface area contributed by atoms with Gasteiger partial charge in [-0.25, -0.2) is 14.0 Å². The van der Waals surface area contributed by atoms with Crippen molar-refractivity contribution in [1.82, 2.24) is 15.0 Å². The second kappa shape index (κ2) is 13.6. The fourth-order valence-corrected chi connectivity index (χ4v) is 4.77. The van der Waals surface area contributed by atoms with Crippen LogP contribution in [0, 0.1) is 25.6 Å². The molecule has 1 aliphatic heterocycles. The van der Waals surface area contributed by atoms with Crippen LogP contribution < -0.4 is 20.7 Å². The monoisotopic (exact) mass is 596 g/mol. The van der Waals surface area contributed by atoms with E-state index in [1.807, 2.05) is 6.92 Å². The Bertz CT molecular complexity index is 1440. The largest absolute Gasteiger partial charge is 0.488 e. The number of likely N-dealkylation sites (N-methyl/N-ethyl adjacent to an activating group) is 1. The first-order valence-corrected chi connectivity index (χ1v) is 13.9. The zero-order valence-corrected chi connectivity index (χ0v) is 24.8. The third kappa shape index (κ3) is 7.80. The summed E-state index contributed by atoms with van der Waals surface area (Å²) in [6, 6.07) is 9.09. The highest BCUT2D eigenvalue weighted by Gasteiger charge is 2.32. The minimum Gasteiger partial charge on any atom is -0.488 e. The van der Waals surface area contributed by atoms with Gasteiger partial charge in [-0.2, -0.15) is 0 Å². The van der Waals surface area contributed by atoms with E-state index >= 15 is 0 Å². The number of nitrogens with zero attached hydrogens (tertiary/aromatic N) is 3. The van der Waals surface area contributed by atoms with Gasteiger partial charge in [0, 0.05) is 36.4 Å². The molecule has 2 heterocycles. The van der Waals surface area contributed by atoms with Gasteiger partial charge in [0.2, 0.25) is 5.91 Å². The first-order chi connectivity index (χ1) is 20.4. The Morgan fingerprint density at radius 1 is 1.14 bits per heavy atom. The number of nitrogens with one attached hydrogen (secondary N) is 3. The van der Waals surface area contributed by atoms with Crippen LogP contribution in [0.3, 0.4) is 0 Å². The molecular weight excluding hydrogens is 559 g/mol. The van der Waals surface area contributed by atoms with Crippen LogP contribution in [0.2, 0.25) is 0 Å². The second-order valence-corrected chi connectivity index (χ2v) is 10.8. The smallest absolute Gasteiger partial charge is 0.323 e. The predicted molar refractivity (Wildman–Crippen MR) is 159 cm³/mol. The molecule has 4 rings (SSSR count). The van der Waals surface area contributed by atoms with Gasteiger partial charge >= 0.3 is 12.1 Å². The molecule has 13 heteroatoms. The van der Waals surface area contributed by atoms with Gasteiger partial charge in [0.15, 0.2) is 5.76 Å². The fourth-order valence-electron chi connectivity index (χ4n) is 4.77. The van der Waals surface area contributed by atoms with Crippen LogP contribution in [-0.4, -0.2) is 76.9 Å². The van der Waals surface area contributed by atoms with Crippen LogP contribution in [0.4, 0.5) is 31.0 Å². The third-order valence-corrected chi connectivity index (χ3v) is 7.34. The molecule has 0 aliphatic carbocycles. The number of rotatable bonds is 7. The number of amides is 5. The highest BCUT2D eigenvalue weighted by molar-refractivity contribution is 6.00. The van der Waals surface area contributed by atoms with Crippen molar-refractivity contribution in [3.63, 3.8) is 0 Å². The Morgan fingerprint density at radius 3 is 2.49 bits per heavy atom. The van der Waals surface area contributed by atoms with Crippen molar-refractivity contribution in [2.24, 2.45) is 5.92 Å². The lowest BCUT2D eigenvalue weighted by Gasteiger charge is -2.34. The van der Waals surface area contributed by atoms with Crippen molar-refractivity contribution in [2.75, 3.05) is 42.7 Å². The molecule has 0 radical (unpaired) electrons. The van der Waals surface area contributed by atoms with Crippen molar-refractivity contribution >= 4 is 35.0 Å². The number of aliphatic hydroxyl groups excluding tert-OH is 1. The predicted octanol–water partition coefficient (Wildman–Crippen LogP) is 4.39. The molecule has 3 atom stereocenters. The summed E-state index contributed by atoms with van der Waals surface area (Å²) in [5.41, 5.74) is 2.42. The minimum absolute atomic E-state index is 0.0268. The lowest BCUT2D eigenvalue weighted by atomic mass is 10.0. The van der Waals surface area contributed by atoms with E-state index < -0.39 is 30.0 Å². The second-order valence-electron chi connectivity index (χ2n) is 10.8. The summed E-state index contributed by atoms with van der Waals surface area (Å²) < 4.78 is 24.8. The number of aliphatic hydroxyl groups is 1. The van der Waals surface area contributed by atoms with E-state index in [1.54, 1.807) is 50.9 Å². The van der Waals surface area contributed by atoms with E-state index in [1.165, 1.54) is 29.2 Å². The molecule has 0 saturated heterocycles. The number of benzene rings is 2. The van der Waals surface area contributed by atoms with E-state index in [2.05, 4.69) is 21.1 Å². The van der Waals surface area contributed by atoms with E-state index in [4.69, 9.17) is 9.26 Å². The molecule has 5 amide bonds. The molecule has 1 aromatic heterocycles. The summed E-state index contributed by atoms with van der Waals surface area (Å²) in [4.78, 5) is 42.2. The molecule has 1 aliphatic rings.